The first kappa shape index (κ1) is 22.7. The van der Waals surface area contributed by atoms with Crippen molar-refractivity contribution in [2.75, 3.05) is 35.2 Å². The number of benzene rings is 1. The second kappa shape index (κ2) is 9.72. The minimum Gasteiger partial charge on any atom is -0.468 e. The molecule has 1 heterocycles. The van der Waals surface area contributed by atoms with Crippen molar-refractivity contribution in [3.8, 4) is 11.5 Å². The molecule has 0 aromatic heterocycles. The largest absolute Gasteiger partial charge is 0.468 e. The van der Waals surface area contributed by atoms with E-state index < -0.39 is 47.4 Å². The van der Waals surface area contributed by atoms with E-state index in [0.29, 0.717) is 5.75 Å². The van der Waals surface area contributed by atoms with Gasteiger partial charge in [-0.05, 0) is 18.2 Å². The summed E-state index contributed by atoms with van der Waals surface area (Å²) in [6.07, 6.45) is 0. The first-order valence-corrected chi connectivity index (χ1v) is 8.55. The Bertz CT molecular complexity index is 792. The molecule has 0 atom stereocenters. The molecule has 0 fully saturated rings. The lowest BCUT2D eigenvalue weighted by atomic mass is 9.76. The molecule has 0 saturated heterocycles. The first-order valence-electron chi connectivity index (χ1n) is 8.55. The van der Waals surface area contributed by atoms with E-state index in [0.717, 1.165) is 28.4 Å². The van der Waals surface area contributed by atoms with Crippen molar-refractivity contribution in [2.24, 2.45) is 17.8 Å². The number of esters is 4. The Hall–Kier alpha value is -3.63. The van der Waals surface area contributed by atoms with Crippen LogP contribution in [0, 0.1) is 17.8 Å². The quantitative estimate of drug-likeness (QED) is 0.243. The minimum absolute atomic E-state index is 0.0557. The van der Waals surface area contributed by atoms with E-state index in [-0.39, 0.29) is 18.1 Å². The standard InChI is InChI=1S/C19H20O11/c1-25-16(21)13(17(22)26-2)12(14(18(23)27-3)19(24)28-4)15(20)9-5-6-10-11(7-9)30-8-29-10/h5-7,12-14H,8H2,1-4H3. The number of carbonyl (C=O) groups excluding carboxylic acids is 5. The first-order chi connectivity index (χ1) is 14.3. The van der Waals surface area contributed by atoms with Gasteiger partial charge in [-0.25, -0.2) is 0 Å². The van der Waals surface area contributed by atoms with Crippen LogP contribution >= 0.6 is 0 Å². The lowest BCUT2D eigenvalue weighted by Crippen LogP contribution is -2.47. The second-order valence-electron chi connectivity index (χ2n) is 6.01. The molecule has 162 valence electrons. The van der Waals surface area contributed by atoms with Crippen LogP contribution < -0.4 is 9.47 Å². The van der Waals surface area contributed by atoms with Crippen LogP contribution in [0.1, 0.15) is 10.4 Å². The lowest BCUT2D eigenvalue weighted by molar-refractivity contribution is -0.167. The predicted molar refractivity (Wildman–Crippen MR) is 95.4 cm³/mol. The van der Waals surface area contributed by atoms with Crippen LogP contribution in [0.4, 0.5) is 0 Å². The second-order valence-corrected chi connectivity index (χ2v) is 6.01. The highest BCUT2D eigenvalue weighted by Crippen LogP contribution is 2.36. The monoisotopic (exact) mass is 424 g/mol. The average Bonchev–Trinajstić information content (AvgIpc) is 3.24. The Kier molecular flexibility index (Phi) is 7.34. The maximum atomic E-state index is 13.4. The van der Waals surface area contributed by atoms with Gasteiger partial charge >= 0.3 is 23.9 Å². The molecule has 1 aliphatic heterocycles. The fourth-order valence-electron chi connectivity index (χ4n) is 3.02. The van der Waals surface area contributed by atoms with Gasteiger partial charge in [0.25, 0.3) is 0 Å². The maximum absolute atomic E-state index is 13.4. The Labute approximate surface area is 171 Å². The van der Waals surface area contributed by atoms with Gasteiger partial charge in [-0.3, -0.25) is 24.0 Å². The molecule has 1 aromatic carbocycles. The third-order valence-electron chi connectivity index (χ3n) is 4.50. The molecule has 0 aliphatic carbocycles. The number of rotatable bonds is 8. The molecule has 11 heteroatoms. The van der Waals surface area contributed by atoms with Gasteiger partial charge in [0.1, 0.15) is 0 Å². The summed E-state index contributed by atoms with van der Waals surface area (Å²) in [5.41, 5.74) is -0.0557. The number of ketones is 1. The highest BCUT2D eigenvalue weighted by molar-refractivity contribution is 6.11. The van der Waals surface area contributed by atoms with Crippen LogP contribution in [0.2, 0.25) is 0 Å². The van der Waals surface area contributed by atoms with Crippen LogP contribution in [0.15, 0.2) is 18.2 Å². The molecule has 1 aliphatic rings. The molecular weight excluding hydrogens is 404 g/mol. The van der Waals surface area contributed by atoms with E-state index in [4.69, 9.17) is 9.47 Å². The van der Waals surface area contributed by atoms with Gasteiger partial charge in [0.2, 0.25) is 6.79 Å². The Balaban J connectivity index is 2.65. The van der Waals surface area contributed by atoms with E-state index in [9.17, 15) is 24.0 Å². The molecule has 2 rings (SSSR count). The molecule has 0 spiro atoms. The summed E-state index contributed by atoms with van der Waals surface area (Å²) in [5.74, 6) is -10.8. The predicted octanol–water partition coefficient (Wildman–Crippen LogP) is 0.139. The summed E-state index contributed by atoms with van der Waals surface area (Å²) < 4.78 is 28.9. The minimum atomic E-state index is -1.94. The number of ether oxygens (including phenoxy) is 6. The van der Waals surface area contributed by atoms with Gasteiger partial charge in [-0.1, -0.05) is 0 Å². The summed E-state index contributed by atoms with van der Waals surface area (Å²) >= 11 is 0. The van der Waals surface area contributed by atoms with Crippen molar-refractivity contribution in [1.82, 2.24) is 0 Å². The summed E-state index contributed by atoms with van der Waals surface area (Å²) in [7, 11) is 3.91. The van der Waals surface area contributed by atoms with Crippen molar-refractivity contribution >= 4 is 29.7 Å². The molecular formula is C19H20O11. The van der Waals surface area contributed by atoms with Crippen LogP contribution in [-0.4, -0.2) is 64.9 Å². The van der Waals surface area contributed by atoms with Crippen molar-refractivity contribution in [3.05, 3.63) is 23.8 Å². The van der Waals surface area contributed by atoms with E-state index in [2.05, 4.69) is 18.9 Å². The van der Waals surface area contributed by atoms with E-state index in [1.165, 1.54) is 18.2 Å². The molecule has 0 N–H and O–H groups in total. The number of hydrogen-bond acceptors (Lipinski definition) is 11. The number of methoxy groups -OCH3 is 4. The number of fused-ring (bicyclic) bond motifs is 1. The summed E-state index contributed by atoms with van der Waals surface area (Å²) in [6, 6.07) is 4.07. The lowest BCUT2D eigenvalue weighted by Gasteiger charge is -2.27. The third kappa shape index (κ3) is 4.34. The van der Waals surface area contributed by atoms with Crippen LogP contribution in [0.5, 0.6) is 11.5 Å². The molecule has 0 radical (unpaired) electrons. The summed E-state index contributed by atoms with van der Waals surface area (Å²) in [6.45, 7) is -0.0592. The molecule has 11 nitrogen and oxygen atoms in total. The molecule has 1 aromatic rings. The topological polar surface area (TPSA) is 141 Å². The molecule has 0 bridgehead atoms. The third-order valence-corrected chi connectivity index (χ3v) is 4.50. The number of carbonyl (C=O) groups is 5. The highest BCUT2D eigenvalue weighted by atomic mass is 16.7. The average molecular weight is 424 g/mol. The van der Waals surface area contributed by atoms with Crippen molar-refractivity contribution in [1.29, 1.82) is 0 Å². The molecule has 0 amide bonds. The van der Waals surface area contributed by atoms with Gasteiger partial charge in [0, 0.05) is 5.56 Å². The normalized spacial score (nSPS) is 12.0. The van der Waals surface area contributed by atoms with Gasteiger partial charge in [0.15, 0.2) is 29.1 Å². The Morgan fingerprint density at radius 2 is 1.17 bits per heavy atom. The van der Waals surface area contributed by atoms with Crippen molar-refractivity contribution in [2.45, 2.75) is 0 Å². The Morgan fingerprint density at radius 3 is 1.60 bits per heavy atom. The smallest absolute Gasteiger partial charge is 0.320 e. The van der Waals surface area contributed by atoms with Crippen LogP contribution in [0.25, 0.3) is 0 Å². The van der Waals surface area contributed by atoms with Gasteiger partial charge < -0.3 is 28.4 Å². The summed E-state index contributed by atoms with van der Waals surface area (Å²) in [5, 5.41) is 0. The van der Waals surface area contributed by atoms with E-state index >= 15 is 0 Å². The van der Waals surface area contributed by atoms with Gasteiger partial charge in [-0.2, -0.15) is 0 Å². The Morgan fingerprint density at radius 1 is 0.733 bits per heavy atom. The van der Waals surface area contributed by atoms with Gasteiger partial charge in [0.05, 0.1) is 34.4 Å². The zero-order chi connectivity index (χ0) is 22.4. The van der Waals surface area contributed by atoms with E-state index in [1.807, 2.05) is 0 Å². The highest BCUT2D eigenvalue weighted by Gasteiger charge is 2.52. The van der Waals surface area contributed by atoms with E-state index in [1.54, 1.807) is 0 Å². The zero-order valence-electron chi connectivity index (χ0n) is 16.7. The maximum Gasteiger partial charge on any atom is 0.320 e. The summed E-state index contributed by atoms with van der Waals surface area (Å²) in [4.78, 5) is 62.9. The van der Waals surface area contributed by atoms with Crippen molar-refractivity contribution in [3.63, 3.8) is 0 Å². The van der Waals surface area contributed by atoms with Crippen LogP contribution in [-0.2, 0) is 38.1 Å². The molecule has 0 saturated carbocycles. The van der Waals surface area contributed by atoms with Crippen LogP contribution in [0.3, 0.4) is 0 Å². The molecule has 30 heavy (non-hydrogen) atoms. The number of hydrogen-bond donors (Lipinski definition) is 0. The SMILES string of the molecule is COC(=O)C(C(=O)OC)C(C(=O)c1ccc2c(c1)OCO2)C(C(=O)OC)C(=O)OC. The zero-order valence-corrected chi connectivity index (χ0v) is 16.7. The fourth-order valence-corrected chi connectivity index (χ4v) is 3.02. The van der Waals surface area contributed by atoms with Gasteiger partial charge in [-0.15, -0.1) is 0 Å². The fraction of sp³-hybridized carbons (Fsp3) is 0.421. The number of Topliss-reactive ketones (excluding diaryl/α,β-unsaturated/α-hetero) is 1. The van der Waals surface area contributed by atoms with Crippen molar-refractivity contribution < 1.29 is 52.4 Å². The molecule has 0 unspecified atom stereocenters.